The molecule has 4 nitrogen and oxygen atoms in total. The Labute approximate surface area is 141 Å². The molecule has 1 aliphatic heterocycles. The molecule has 0 saturated carbocycles. The van der Waals surface area contributed by atoms with Crippen LogP contribution in [-0.2, 0) is 10.0 Å². The normalized spacial score (nSPS) is 18.7. The summed E-state index contributed by atoms with van der Waals surface area (Å²) in [5.74, 6) is -0.276. The number of hydrogen-bond donors (Lipinski definition) is 0. The van der Waals surface area contributed by atoms with Crippen molar-refractivity contribution in [2.75, 3.05) is 13.1 Å². The summed E-state index contributed by atoms with van der Waals surface area (Å²) >= 11 is 0. The van der Waals surface area contributed by atoms with Gasteiger partial charge in [-0.25, -0.2) is 12.8 Å². The van der Waals surface area contributed by atoms with Gasteiger partial charge in [0, 0.05) is 6.54 Å². The lowest BCUT2D eigenvalue weighted by atomic mass is 10.2. The molecule has 0 amide bonds. The zero-order valence-corrected chi connectivity index (χ0v) is 14.5. The van der Waals surface area contributed by atoms with Crippen LogP contribution >= 0.6 is 0 Å². The molecule has 0 spiro atoms. The molecule has 3 rings (SSSR count). The molecule has 1 saturated heterocycles. The maximum absolute atomic E-state index is 13.7. The highest BCUT2D eigenvalue weighted by molar-refractivity contribution is 7.89. The molecule has 0 radical (unpaired) electrons. The highest BCUT2D eigenvalue weighted by Crippen LogP contribution is 2.27. The summed E-state index contributed by atoms with van der Waals surface area (Å²) in [6.45, 7) is 4.32. The molecule has 0 aromatic heterocycles. The first-order chi connectivity index (χ1) is 11.4. The van der Waals surface area contributed by atoms with Gasteiger partial charge in [0.2, 0.25) is 10.0 Å². The summed E-state index contributed by atoms with van der Waals surface area (Å²) in [6, 6.07) is 11.5. The van der Waals surface area contributed by atoms with Crippen molar-refractivity contribution < 1.29 is 17.5 Å². The fourth-order valence-corrected chi connectivity index (χ4v) is 4.65. The van der Waals surface area contributed by atoms with Crippen LogP contribution in [0.4, 0.5) is 4.39 Å². The van der Waals surface area contributed by atoms with Crippen molar-refractivity contribution >= 4 is 10.0 Å². The highest BCUT2D eigenvalue weighted by atomic mass is 32.2. The smallest absolute Gasteiger partial charge is 0.243 e. The van der Waals surface area contributed by atoms with E-state index < -0.39 is 15.8 Å². The maximum atomic E-state index is 13.7. The summed E-state index contributed by atoms with van der Waals surface area (Å²) in [5.41, 5.74) is 1.75. The van der Waals surface area contributed by atoms with Crippen LogP contribution in [0.25, 0.3) is 0 Å². The Kier molecular flexibility index (Phi) is 4.60. The van der Waals surface area contributed by atoms with Crippen LogP contribution in [0.1, 0.15) is 17.5 Å². The van der Waals surface area contributed by atoms with E-state index in [-0.39, 0.29) is 18.4 Å². The van der Waals surface area contributed by atoms with Crippen LogP contribution < -0.4 is 4.74 Å². The molecule has 6 heteroatoms. The Morgan fingerprint density at radius 2 is 1.92 bits per heavy atom. The number of halogens is 1. The molecule has 1 heterocycles. The van der Waals surface area contributed by atoms with Crippen LogP contribution in [0.3, 0.4) is 0 Å². The Hall–Kier alpha value is -1.92. The monoisotopic (exact) mass is 349 g/mol. The Morgan fingerprint density at radius 1 is 1.17 bits per heavy atom. The molecule has 0 bridgehead atoms. The van der Waals surface area contributed by atoms with Gasteiger partial charge in [0.1, 0.15) is 6.10 Å². The molecule has 2 aromatic carbocycles. The lowest BCUT2D eigenvalue weighted by Crippen LogP contribution is -2.31. The van der Waals surface area contributed by atoms with Gasteiger partial charge in [-0.3, -0.25) is 0 Å². The molecule has 0 aliphatic carbocycles. The summed E-state index contributed by atoms with van der Waals surface area (Å²) in [5, 5.41) is 0. The van der Waals surface area contributed by atoms with Gasteiger partial charge in [-0.1, -0.05) is 29.8 Å². The molecule has 1 unspecified atom stereocenters. The van der Waals surface area contributed by atoms with Crippen molar-refractivity contribution in [2.24, 2.45) is 0 Å². The second-order valence-corrected chi connectivity index (χ2v) is 8.00. The Bertz CT molecular complexity index is 851. The predicted molar refractivity (Wildman–Crippen MR) is 90.1 cm³/mol. The standard InChI is InChI=1S/C18H20FNO3S/c1-13-7-8-18(14(2)11-13)24(21,22)20-10-9-15(12-20)23-17-6-4-3-5-16(17)19/h3-8,11,15H,9-10,12H2,1-2H3. The van der Waals surface area contributed by atoms with E-state index in [2.05, 4.69) is 0 Å². The molecule has 1 aliphatic rings. The van der Waals surface area contributed by atoms with E-state index in [9.17, 15) is 12.8 Å². The van der Waals surface area contributed by atoms with Crippen LogP contribution in [0, 0.1) is 19.7 Å². The summed E-state index contributed by atoms with van der Waals surface area (Å²) in [4.78, 5) is 0.319. The van der Waals surface area contributed by atoms with Gasteiger partial charge in [-0.05, 0) is 44.0 Å². The maximum Gasteiger partial charge on any atom is 0.243 e. The second-order valence-electron chi connectivity index (χ2n) is 6.09. The van der Waals surface area contributed by atoms with Gasteiger partial charge in [-0.15, -0.1) is 0 Å². The highest BCUT2D eigenvalue weighted by Gasteiger charge is 2.34. The van der Waals surface area contributed by atoms with Gasteiger partial charge in [-0.2, -0.15) is 4.31 Å². The average Bonchev–Trinajstić information content (AvgIpc) is 2.98. The first-order valence-electron chi connectivity index (χ1n) is 7.86. The third kappa shape index (κ3) is 3.30. The van der Waals surface area contributed by atoms with E-state index in [1.54, 1.807) is 37.3 Å². The van der Waals surface area contributed by atoms with Crippen molar-refractivity contribution in [3.63, 3.8) is 0 Å². The van der Waals surface area contributed by atoms with Crippen molar-refractivity contribution in [1.29, 1.82) is 0 Å². The van der Waals surface area contributed by atoms with Gasteiger partial charge < -0.3 is 4.74 Å². The fourth-order valence-electron chi connectivity index (χ4n) is 2.96. The number of hydrogen-bond acceptors (Lipinski definition) is 3. The van der Waals surface area contributed by atoms with Crippen molar-refractivity contribution in [1.82, 2.24) is 4.31 Å². The van der Waals surface area contributed by atoms with Crippen LogP contribution in [0.15, 0.2) is 47.4 Å². The minimum atomic E-state index is -3.56. The predicted octanol–water partition coefficient (Wildman–Crippen LogP) is 3.28. The van der Waals surface area contributed by atoms with E-state index in [1.807, 2.05) is 13.0 Å². The largest absolute Gasteiger partial charge is 0.486 e. The molecular weight excluding hydrogens is 329 g/mol. The van der Waals surface area contributed by atoms with Gasteiger partial charge in [0.05, 0.1) is 11.4 Å². The molecule has 0 N–H and O–H groups in total. The lowest BCUT2D eigenvalue weighted by Gasteiger charge is -2.19. The van der Waals surface area contributed by atoms with Crippen LogP contribution in [0.2, 0.25) is 0 Å². The quantitative estimate of drug-likeness (QED) is 0.851. The van der Waals surface area contributed by atoms with Crippen molar-refractivity contribution in [2.45, 2.75) is 31.3 Å². The summed E-state index contributed by atoms with van der Waals surface area (Å²) in [7, 11) is -3.56. The number of ether oxygens (including phenoxy) is 1. The molecule has 2 aromatic rings. The van der Waals surface area contributed by atoms with Crippen LogP contribution in [-0.4, -0.2) is 31.9 Å². The third-order valence-corrected chi connectivity index (χ3v) is 6.21. The first kappa shape index (κ1) is 16.9. The van der Waals surface area contributed by atoms with E-state index >= 15 is 0 Å². The SMILES string of the molecule is Cc1ccc(S(=O)(=O)N2CCC(Oc3ccccc3F)C2)c(C)c1. The van der Waals surface area contributed by atoms with E-state index in [1.165, 1.54) is 10.4 Å². The van der Waals surface area contributed by atoms with E-state index in [0.717, 1.165) is 11.1 Å². The minimum absolute atomic E-state index is 0.160. The molecule has 128 valence electrons. The third-order valence-electron chi connectivity index (χ3n) is 4.19. The van der Waals surface area contributed by atoms with Gasteiger partial charge in [0.15, 0.2) is 11.6 Å². The van der Waals surface area contributed by atoms with Crippen LogP contribution in [0.5, 0.6) is 5.75 Å². The van der Waals surface area contributed by atoms with Crippen molar-refractivity contribution in [3.8, 4) is 5.75 Å². The number of rotatable bonds is 4. The number of para-hydroxylation sites is 1. The number of sulfonamides is 1. The second kappa shape index (κ2) is 6.53. The molecular formula is C18H20FNO3S. The molecule has 24 heavy (non-hydrogen) atoms. The fraction of sp³-hybridized carbons (Fsp3) is 0.333. The first-order valence-corrected chi connectivity index (χ1v) is 9.30. The number of benzene rings is 2. The summed E-state index contributed by atoms with van der Waals surface area (Å²) < 4.78 is 46.4. The zero-order valence-electron chi connectivity index (χ0n) is 13.7. The van der Waals surface area contributed by atoms with E-state index in [0.29, 0.717) is 17.9 Å². The zero-order chi connectivity index (χ0) is 17.3. The Morgan fingerprint density at radius 3 is 2.62 bits per heavy atom. The minimum Gasteiger partial charge on any atom is -0.486 e. The average molecular weight is 349 g/mol. The van der Waals surface area contributed by atoms with E-state index in [4.69, 9.17) is 4.74 Å². The lowest BCUT2D eigenvalue weighted by molar-refractivity contribution is 0.206. The molecule has 1 atom stereocenters. The van der Waals surface area contributed by atoms with Gasteiger partial charge in [0.25, 0.3) is 0 Å². The van der Waals surface area contributed by atoms with Gasteiger partial charge >= 0.3 is 0 Å². The number of nitrogens with zero attached hydrogens (tertiary/aromatic N) is 1. The number of aryl methyl sites for hydroxylation is 2. The Balaban J connectivity index is 1.76. The van der Waals surface area contributed by atoms with Crippen molar-refractivity contribution in [3.05, 3.63) is 59.4 Å². The topological polar surface area (TPSA) is 46.6 Å². The summed E-state index contributed by atoms with van der Waals surface area (Å²) in [6.07, 6.45) is 0.195. The molecule has 1 fully saturated rings.